The van der Waals surface area contributed by atoms with Crippen LogP contribution in [0.2, 0.25) is 5.02 Å². The van der Waals surface area contributed by atoms with Crippen LogP contribution in [0.15, 0.2) is 67.0 Å². The fourth-order valence-corrected chi connectivity index (χ4v) is 4.36. The van der Waals surface area contributed by atoms with Crippen molar-refractivity contribution in [3.63, 3.8) is 0 Å². The molecule has 0 unspecified atom stereocenters. The summed E-state index contributed by atoms with van der Waals surface area (Å²) in [4.78, 5) is 23.2. The fraction of sp³-hybridized carbons (Fsp3) is 0.250. The number of urea groups is 1. The lowest BCUT2D eigenvalue weighted by Gasteiger charge is -2.26. The maximum Gasteiger partial charge on any atom is 0.417 e. The predicted molar refractivity (Wildman–Crippen MR) is 148 cm³/mol. The highest BCUT2D eigenvalue weighted by molar-refractivity contribution is 6.31. The number of anilines is 2. The van der Waals surface area contributed by atoms with E-state index < -0.39 is 22.8 Å². The van der Waals surface area contributed by atoms with Crippen molar-refractivity contribution in [1.29, 1.82) is 0 Å². The number of nitrogens with one attached hydrogen (secondary N) is 2. The lowest BCUT2D eigenvalue weighted by molar-refractivity contribution is -0.137. The van der Waals surface area contributed by atoms with Gasteiger partial charge in [-0.05, 0) is 54.6 Å². The van der Waals surface area contributed by atoms with E-state index in [2.05, 4.69) is 25.5 Å². The summed E-state index contributed by atoms with van der Waals surface area (Å²) < 4.78 is 56.4. The van der Waals surface area contributed by atoms with Gasteiger partial charge in [-0.2, -0.15) is 13.2 Å². The predicted octanol–water partition coefficient (Wildman–Crippen LogP) is 6.45. The van der Waals surface area contributed by atoms with Crippen LogP contribution in [0.25, 0.3) is 10.9 Å². The lowest BCUT2D eigenvalue weighted by Crippen LogP contribution is -2.38. The van der Waals surface area contributed by atoms with Crippen LogP contribution in [0.3, 0.4) is 0 Å². The summed E-state index contributed by atoms with van der Waals surface area (Å²) >= 11 is 5.62. The number of benzene rings is 3. The highest BCUT2D eigenvalue weighted by Crippen LogP contribution is 2.36. The van der Waals surface area contributed by atoms with Crippen LogP contribution < -0.4 is 20.1 Å². The second-order valence-electron chi connectivity index (χ2n) is 9.06. The van der Waals surface area contributed by atoms with Crippen molar-refractivity contribution >= 4 is 39.9 Å². The van der Waals surface area contributed by atoms with Crippen LogP contribution in [-0.4, -0.2) is 60.4 Å². The van der Waals surface area contributed by atoms with E-state index >= 15 is 0 Å². The Hall–Kier alpha value is -4.13. The van der Waals surface area contributed by atoms with E-state index in [1.807, 2.05) is 18.2 Å². The Morgan fingerprint density at radius 3 is 2.41 bits per heavy atom. The van der Waals surface area contributed by atoms with Crippen molar-refractivity contribution < 1.29 is 32.2 Å². The first-order valence-corrected chi connectivity index (χ1v) is 13.0. The minimum Gasteiger partial charge on any atom is -0.492 e. The van der Waals surface area contributed by atoms with E-state index in [-0.39, 0.29) is 5.69 Å². The molecule has 0 saturated carbocycles. The van der Waals surface area contributed by atoms with Crippen LogP contribution in [0, 0.1) is 0 Å². The molecule has 2 amide bonds. The quantitative estimate of drug-likeness (QED) is 0.244. The van der Waals surface area contributed by atoms with Gasteiger partial charge in [0, 0.05) is 37.1 Å². The van der Waals surface area contributed by atoms with Crippen molar-refractivity contribution in [2.75, 3.05) is 50.1 Å². The number of hydrogen-bond acceptors (Lipinski definition) is 7. The zero-order valence-electron chi connectivity index (χ0n) is 21.6. The second-order valence-corrected chi connectivity index (χ2v) is 9.47. The van der Waals surface area contributed by atoms with E-state index in [1.54, 1.807) is 24.3 Å². The molecule has 13 heteroatoms. The Bertz CT molecular complexity index is 1520. The van der Waals surface area contributed by atoms with Gasteiger partial charge in [0.2, 0.25) is 5.88 Å². The third-order valence-electron chi connectivity index (χ3n) is 6.21. The number of amides is 2. The zero-order valence-corrected chi connectivity index (χ0v) is 22.3. The number of carbonyl (C=O) groups excluding carboxylic acids is 1. The molecule has 1 aliphatic heterocycles. The molecule has 41 heavy (non-hydrogen) atoms. The molecule has 4 aromatic rings. The SMILES string of the molecule is O=C(Nc1ccc(Oc2ncnc3cc(OCCN4CCOCC4)ccc23)cc1)Nc1ccc(Cl)c(C(F)(F)F)c1. The van der Waals surface area contributed by atoms with E-state index in [1.165, 1.54) is 12.4 Å². The molecule has 0 radical (unpaired) electrons. The van der Waals surface area contributed by atoms with Gasteiger partial charge in [0.15, 0.2) is 0 Å². The topological polar surface area (TPSA) is 97.8 Å². The molecule has 0 atom stereocenters. The van der Waals surface area contributed by atoms with Crippen LogP contribution in [-0.2, 0) is 10.9 Å². The van der Waals surface area contributed by atoms with Crippen LogP contribution in [0.4, 0.5) is 29.3 Å². The van der Waals surface area contributed by atoms with Crippen LogP contribution in [0.1, 0.15) is 5.56 Å². The van der Waals surface area contributed by atoms with Gasteiger partial charge in [-0.3, -0.25) is 4.90 Å². The minimum absolute atomic E-state index is 0.0551. The van der Waals surface area contributed by atoms with Gasteiger partial charge in [0.25, 0.3) is 0 Å². The summed E-state index contributed by atoms with van der Waals surface area (Å²) in [6.45, 7) is 4.63. The summed E-state index contributed by atoms with van der Waals surface area (Å²) in [6, 6.07) is 14.3. The first kappa shape index (κ1) is 28.4. The Morgan fingerprint density at radius 1 is 0.951 bits per heavy atom. The van der Waals surface area contributed by atoms with Crippen molar-refractivity contribution in [1.82, 2.24) is 14.9 Å². The third-order valence-corrected chi connectivity index (χ3v) is 6.54. The maximum absolute atomic E-state index is 13.1. The molecular weight excluding hydrogens is 563 g/mol. The average Bonchev–Trinajstić information content (AvgIpc) is 2.95. The van der Waals surface area contributed by atoms with Gasteiger partial charge in [-0.15, -0.1) is 0 Å². The Kier molecular flexibility index (Phi) is 8.72. The smallest absolute Gasteiger partial charge is 0.417 e. The Labute approximate surface area is 238 Å². The molecule has 0 bridgehead atoms. The number of alkyl halides is 3. The molecule has 1 fully saturated rings. The number of carbonyl (C=O) groups is 1. The first-order valence-electron chi connectivity index (χ1n) is 12.6. The van der Waals surface area contributed by atoms with E-state index in [0.29, 0.717) is 40.6 Å². The van der Waals surface area contributed by atoms with Gasteiger partial charge < -0.3 is 24.8 Å². The summed E-state index contributed by atoms with van der Waals surface area (Å²) in [5, 5.41) is 5.16. The number of nitrogens with zero attached hydrogens (tertiary/aromatic N) is 3. The van der Waals surface area contributed by atoms with Crippen LogP contribution in [0.5, 0.6) is 17.4 Å². The van der Waals surface area contributed by atoms with Crippen molar-refractivity contribution in [2.45, 2.75) is 6.18 Å². The fourth-order valence-electron chi connectivity index (χ4n) is 4.13. The molecule has 0 aliphatic carbocycles. The van der Waals surface area contributed by atoms with Crippen molar-refractivity contribution in [3.05, 3.63) is 77.6 Å². The number of halogens is 4. The summed E-state index contributed by atoms with van der Waals surface area (Å²) in [7, 11) is 0. The highest BCUT2D eigenvalue weighted by Gasteiger charge is 2.33. The average molecular weight is 588 g/mol. The number of fused-ring (bicyclic) bond motifs is 1. The first-order chi connectivity index (χ1) is 19.7. The number of hydrogen-bond donors (Lipinski definition) is 2. The molecule has 1 saturated heterocycles. The normalized spacial score (nSPS) is 14.0. The number of ether oxygens (including phenoxy) is 3. The Balaban J connectivity index is 1.18. The van der Waals surface area contributed by atoms with Gasteiger partial charge in [-0.1, -0.05) is 11.6 Å². The standard InChI is InChI=1S/C28H25ClF3N5O4/c29-24-8-3-19(15-23(24)28(30,31)32)36-27(38)35-18-1-4-20(5-2-18)41-26-22-7-6-21(16-25(22)33-17-34-26)40-14-11-37-9-12-39-13-10-37/h1-8,15-17H,9-14H2,(H2,35,36,38). The Morgan fingerprint density at radius 2 is 1.66 bits per heavy atom. The second kappa shape index (κ2) is 12.6. The highest BCUT2D eigenvalue weighted by atomic mass is 35.5. The van der Waals surface area contributed by atoms with E-state index in [9.17, 15) is 18.0 Å². The number of rotatable bonds is 8. The molecule has 3 aromatic carbocycles. The maximum atomic E-state index is 13.1. The molecule has 1 aromatic heterocycles. The number of morpholine rings is 1. The molecule has 0 spiro atoms. The van der Waals surface area contributed by atoms with Gasteiger partial charge in [-0.25, -0.2) is 14.8 Å². The molecular formula is C28H25ClF3N5O4. The summed E-state index contributed by atoms with van der Waals surface area (Å²) in [5.41, 5.74) is -0.0419. The monoisotopic (exact) mass is 587 g/mol. The van der Waals surface area contributed by atoms with Gasteiger partial charge in [0.05, 0.1) is 34.7 Å². The molecule has 214 valence electrons. The van der Waals surface area contributed by atoms with Gasteiger partial charge in [0.1, 0.15) is 24.4 Å². The minimum atomic E-state index is -4.64. The van der Waals surface area contributed by atoms with Crippen molar-refractivity contribution in [2.24, 2.45) is 0 Å². The summed E-state index contributed by atoms with van der Waals surface area (Å²) in [6.07, 6.45) is -3.24. The molecule has 2 N–H and O–H groups in total. The number of aromatic nitrogens is 2. The summed E-state index contributed by atoms with van der Waals surface area (Å²) in [5.74, 6) is 1.49. The largest absolute Gasteiger partial charge is 0.492 e. The van der Waals surface area contributed by atoms with E-state index in [0.717, 1.165) is 45.0 Å². The third kappa shape index (κ3) is 7.54. The van der Waals surface area contributed by atoms with Gasteiger partial charge >= 0.3 is 12.2 Å². The van der Waals surface area contributed by atoms with Crippen molar-refractivity contribution in [3.8, 4) is 17.4 Å². The van der Waals surface area contributed by atoms with E-state index in [4.69, 9.17) is 25.8 Å². The zero-order chi connectivity index (χ0) is 28.8. The lowest BCUT2D eigenvalue weighted by atomic mass is 10.2. The molecule has 9 nitrogen and oxygen atoms in total. The molecule has 5 rings (SSSR count). The molecule has 1 aliphatic rings. The van der Waals surface area contributed by atoms with Crippen LogP contribution >= 0.6 is 11.6 Å². The molecule has 2 heterocycles.